The molecule has 0 aromatic rings. The quantitative estimate of drug-likeness (QED) is 0.486. The van der Waals surface area contributed by atoms with Crippen molar-refractivity contribution in [3.05, 3.63) is 0 Å². The molecule has 0 saturated carbocycles. The van der Waals surface area contributed by atoms with Crippen LogP contribution in [0.5, 0.6) is 0 Å². The second kappa shape index (κ2) is 8.68. The molecular formula is C11H25N3O. The summed E-state index contributed by atoms with van der Waals surface area (Å²) >= 11 is 0. The smallest absolute Gasteiger partial charge is 0.237 e. The van der Waals surface area contributed by atoms with Gasteiger partial charge in [-0.25, -0.2) is 5.01 Å². The molecule has 0 fully saturated rings. The number of amides is 1. The van der Waals surface area contributed by atoms with Gasteiger partial charge in [0.15, 0.2) is 0 Å². The van der Waals surface area contributed by atoms with E-state index in [0.29, 0.717) is 6.42 Å². The second-order valence-corrected chi connectivity index (χ2v) is 3.56. The summed E-state index contributed by atoms with van der Waals surface area (Å²) in [6.45, 7) is 9.75. The van der Waals surface area contributed by atoms with Crippen molar-refractivity contribution in [2.24, 2.45) is 0 Å². The number of nitrogens with zero attached hydrogens (tertiary/aromatic N) is 2. The minimum atomic E-state index is 0.183. The molecule has 0 aromatic carbocycles. The van der Waals surface area contributed by atoms with Crippen molar-refractivity contribution in [1.82, 2.24) is 15.3 Å². The topological polar surface area (TPSA) is 35.6 Å². The summed E-state index contributed by atoms with van der Waals surface area (Å²) in [7, 11) is 1.84. The molecule has 0 heterocycles. The normalized spacial score (nSPS) is 10.7. The van der Waals surface area contributed by atoms with Gasteiger partial charge in [-0.05, 0) is 13.0 Å². The van der Waals surface area contributed by atoms with Crippen LogP contribution in [0.25, 0.3) is 0 Å². The van der Waals surface area contributed by atoms with E-state index in [1.807, 2.05) is 12.1 Å². The van der Waals surface area contributed by atoms with E-state index in [4.69, 9.17) is 0 Å². The summed E-state index contributed by atoms with van der Waals surface area (Å²) in [5.74, 6) is 0.183. The van der Waals surface area contributed by atoms with Crippen LogP contribution in [0.3, 0.4) is 0 Å². The van der Waals surface area contributed by atoms with Crippen molar-refractivity contribution in [3.63, 3.8) is 0 Å². The molecule has 0 bridgehead atoms. The van der Waals surface area contributed by atoms with Crippen molar-refractivity contribution in [1.29, 1.82) is 0 Å². The lowest BCUT2D eigenvalue weighted by Crippen LogP contribution is -2.44. The van der Waals surface area contributed by atoms with Gasteiger partial charge in [0.2, 0.25) is 5.91 Å². The zero-order valence-electron chi connectivity index (χ0n) is 10.5. The van der Waals surface area contributed by atoms with Gasteiger partial charge in [0.1, 0.15) is 0 Å². The molecule has 0 aliphatic rings. The summed E-state index contributed by atoms with van der Waals surface area (Å²) in [6.07, 6.45) is 1.69. The van der Waals surface area contributed by atoms with Crippen LogP contribution in [0.1, 0.15) is 33.6 Å². The summed E-state index contributed by atoms with van der Waals surface area (Å²) in [5, 5.41) is 6.99. The Morgan fingerprint density at radius 2 is 1.73 bits per heavy atom. The summed E-state index contributed by atoms with van der Waals surface area (Å²) < 4.78 is 0. The third-order valence-electron chi connectivity index (χ3n) is 2.46. The van der Waals surface area contributed by atoms with Crippen LogP contribution in [-0.4, -0.2) is 49.2 Å². The Balaban J connectivity index is 3.77. The van der Waals surface area contributed by atoms with E-state index in [1.54, 1.807) is 5.01 Å². The largest absolute Gasteiger partial charge is 0.316 e. The second-order valence-electron chi connectivity index (χ2n) is 3.56. The van der Waals surface area contributed by atoms with Crippen LogP contribution >= 0.6 is 0 Å². The number of rotatable bonds is 8. The Hall–Kier alpha value is -0.610. The van der Waals surface area contributed by atoms with E-state index < -0.39 is 0 Å². The lowest BCUT2D eigenvalue weighted by atomic mass is 10.3. The first-order valence-corrected chi connectivity index (χ1v) is 5.89. The molecule has 0 aromatic heterocycles. The molecule has 90 valence electrons. The van der Waals surface area contributed by atoms with E-state index in [0.717, 1.165) is 32.6 Å². The van der Waals surface area contributed by atoms with Gasteiger partial charge in [-0.3, -0.25) is 9.80 Å². The van der Waals surface area contributed by atoms with Crippen molar-refractivity contribution < 1.29 is 4.79 Å². The summed E-state index contributed by atoms with van der Waals surface area (Å²) in [6, 6.07) is 0. The number of carbonyl (C=O) groups excluding carboxylic acids is 1. The third-order valence-corrected chi connectivity index (χ3v) is 2.46. The molecule has 1 N–H and O–H groups in total. The van der Waals surface area contributed by atoms with Gasteiger partial charge in [-0.2, -0.15) is 0 Å². The molecule has 0 unspecified atom stereocenters. The average molecular weight is 215 g/mol. The minimum absolute atomic E-state index is 0.183. The van der Waals surface area contributed by atoms with Crippen molar-refractivity contribution >= 4 is 5.91 Å². The number of nitrogens with one attached hydrogen (secondary N) is 1. The first-order valence-electron chi connectivity index (χ1n) is 5.89. The Bertz CT molecular complexity index is 169. The lowest BCUT2D eigenvalue weighted by Gasteiger charge is -2.29. The molecule has 15 heavy (non-hydrogen) atoms. The number of carbonyl (C=O) groups is 1. The van der Waals surface area contributed by atoms with Crippen LogP contribution < -0.4 is 5.32 Å². The highest BCUT2D eigenvalue weighted by Crippen LogP contribution is 1.97. The van der Waals surface area contributed by atoms with E-state index in [9.17, 15) is 4.79 Å². The van der Waals surface area contributed by atoms with Gasteiger partial charge in [-0.1, -0.05) is 20.8 Å². The summed E-state index contributed by atoms with van der Waals surface area (Å²) in [4.78, 5) is 11.7. The molecule has 0 atom stereocenters. The van der Waals surface area contributed by atoms with Crippen molar-refractivity contribution in [2.45, 2.75) is 33.6 Å². The van der Waals surface area contributed by atoms with E-state index in [-0.39, 0.29) is 5.91 Å². The van der Waals surface area contributed by atoms with Crippen LogP contribution in [-0.2, 0) is 4.79 Å². The van der Waals surface area contributed by atoms with Crippen LogP contribution in [0.15, 0.2) is 0 Å². The van der Waals surface area contributed by atoms with Gasteiger partial charge < -0.3 is 5.32 Å². The average Bonchev–Trinajstić information content (AvgIpc) is 2.25. The first kappa shape index (κ1) is 14.4. The zero-order chi connectivity index (χ0) is 11.7. The van der Waals surface area contributed by atoms with Crippen molar-refractivity contribution in [2.75, 3.05) is 33.2 Å². The van der Waals surface area contributed by atoms with E-state index in [2.05, 4.69) is 26.1 Å². The molecular weight excluding hydrogens is 190 g/mol. The van der Waals surface area contributed by atoms with E-state index >= 15 is 0 Å². The van der Waals surface area contributed by atoms with Crippen LogP contribution in [0, 0.1) is 0 Å². The molecule has 1 amide bonds. The number of hydrazine groups is 1. The standard InChI is InChI=1S/C11H25N3O/c1-5-9-12-10-8-11(15)13(4)14(6-2)7-3/h12H,5-10H2,1-4H3. The highest BCUT2D eigenvalue weighted by molar-refractivity contribution is 5.75. The first-order chi connectivity index (χ1) is 7.17. The van der Waals surface area contributed by atoms with Gasteiger partial charge in [0.25, 0.3) is 0 Å². The predicted octanol–water partition coefficient (Wildman–Crippen LogP) is 1.09. The molecule has 0 aliphatic heterocycles. The fourth-order valence-corrected chi connectivity index (χ4v) is 1.46. The Kier molecular flexibility index (Phi) is 8.33. The molecule has 0 rings (SSSR count). The fourth-order valence-electron chi connectivity index (χ4n) is 1.46. The third kappa shape index (κ3) is 5.74. The fraction of sp³-hybridized carbons (Fsp3) is 0.909. The Labute approximate surface area is 93.6 Å². The molecule has 0 aliphatic carbocycles. The SMILES string of the molecule is CCCNCCC(=O)N(C)N(CC)CC. The molecule has 0 radical (unpaired) electrons. The van der Waals surface area contributed by atoms with Gasteiger partial charge in [0.05, 0.1) is 0 Å². The summed E-state index contributed by atoms with van der Waals surface area (Å²) in [5.41, 5.74) is 0. The maximum Gasteiger partial charge on any atom is 0.237 e. The van der Waals surface area contributed by atoms with Crippen LogP contribution in [0.4, 0.5) is 0 Å². The monoisotopic (exact) mass is 215 g/mol. The van der Waals surface area contributed by atoms with Gasteiger partial charge >= 0.3 is 0 Å². The lowest BCUT2D eigenvalue weighted by molar-refractivity contribution is -0.145. The van der Waals surface area contributed by atoms with Gasteiger partial charge in [0, 0.05) is 33.1 Å². The van der Waals surface area contributed by atoms with Crippen LogP contribution in [0.2, 0.25) is 0 Å². The van der Waals surface area contributed by atoms with Gasteiger partial charge in [-0.15, -0.1) is 0 Å². The Morgan fingerprint density at radius 1 is 1.13 bits per heavy atom. The maximum absolute atomic E-state index is 11.7. The number of hydrogen-bond acceptors (Lipinski definition) is 3. The minimum Gasteiger partial charge on any atom is -0.316 e. The highest BCUT2D eigenvalue weighted by Gasteiger charge is 2.13. The molecule has 4 heteroatoms. The van der Waals surface area contributed by atoms with Crippen molar-refractivity contribution in [3.8, 4) is 0 Å². The predicted molar refractivity (Wildman–Crippen MR) is 63.5 cm³/mol. The Morgan fingerprint density at radius 3 is 2.20 bits per heavy atom. The molecule has 0 saturated heterocycles. The molecule has 4 nitrogen and oxygen atoms in total. The maximum atomic E-state index is 11.7. The molecule has 0 spiro atoms. The zero-order valence-corrected chi connectivity index (χ0v) is 10.5. The highest BCUT2D eigenvalue weighted by atomic mass is 16.2. The van der Waals surface area contributed by atoms with E-state index in [1.165, 1.54) is 0 Å². The number of hydrogen-bond donors (Lipinski definition) is 1.